The SMILES string of the molecule is CC1(C)[C@H](C(=O)O[C@H](C#N)c2cccc(Oc3ccccc3)c2)[C@@H]1C(Br)C(Br)(Br)Br.CCOC(=O)CC(SP(=S)(OC)OC)C(=O)OCC. The zero-order valence-corrected chi connectivity index (χ0v) is 36.5. The number of carbonyl (C=O) groups excluding carboxylic acids is 3. The number of carbonyl (C=O) groups is 3. The van der Waals surface area contributed by atoms with Crippen molar-refractivity contribution in [1.82, 2.24) is 0 Å². The van der Waals surface area contributed by atoms with Gasteiger partial charge in [-0.25, -0.2) is 0 Å². The Morgan fingerprint density at radius 2 is 1.59 bits per heavy atom. The highest BCUT2D eigenvalue weighted by Gasteiger charge is 2.67. The van der Waals surface area contributed by atoms with Gasteiger partial charge in [0.25, 0.3) is 0 Å². The summed E-state index contributed by atoms with van der Waals surface area (Å²) in [5, 5.41) is 8.86. The molecule has 17 heteroatoms. The summed E-state index contributed by atoms with van der Waals surface area (Å²) < 4.78 is 30.8. The average Bonchev–Trinajstić information content (AvgIpc) is 3.64. The minimum Gasteiger partial charge on any atom is -0.466 e. The molecule has 0 radical (unpaired) electrons. The number of nitriles is 1. The van der Waals surface area contributed by atoms with E-state index in [1.807, 2.05) is 44.2 Å². The Hall–Kier alpha value is -1.02. The number of rotatable bonds is 15. The van der Waals surface area contributed by atoms with Crippen LogP contribution in [0.3, 0.4) is 0 Å². The highest BCUT2D eigenvalue weighted by Crippen LogP contribution is 2.66. The zero-order chi connectivity index (χ0) is 37.0. The fourth-order valence-electron chi connectivity index (χ4n) is 4.69. The van der Waals surface area contributed by atoms with E-state index in [1.54, 1.807) is 38.1 Å². The van der Waals surface area contributed by atoms with Gasteiger partial charge in [0.15, 0.2) is 0 Å². The first-order valence-corrected chi connectivity index (χ1v) is 22.3. The lowest BCUT2D eigenvalue weighted by atomic mass is 10.1. The van der Waals surface area contributed by atoms with Gasteiger partial charge in [-0.3, -0.25) is 14.4 Å². The van der Waals surface area contributed by atoms with E-state index < -0.39 is 31.1 Å². The molecule has 0 heterocycles. The van der Waals surface area contributed by atoms with Crippen molar-refractivity contribution in [3.8, 4) is 17.6 Å². The van der Waals surface area contributed by atoms with Gasteiger partial charge in [0.05, 0.1) is 30.4 Å². The molecule has 3 rings (SSSR count). The smallest absolute Gasteiger partial charge is 0.320 e. The van der Waals surface area contributed by atoms with Crippen molar-refractivity contribution in [3.63, 3.8) is 0 Å². The minimum absolute atomic E-state index is 0.0233. The fourth-order valence-corrected chi connectivity index (χ4v) is 10.4. The van der Waals surface area contributed by atoms with Crippen molar-refractivity contribution in [3.05, 3.63) is 60.2 Å². The maximum atomic E-state index is 12.9. The highest BCUT2D eigenvalue weighted by atomic mass is 80.0. The maximum Gasteiger partial charge on any atom is 0.320 e. The summed E-state index contributed by atoms with van der Waals surface area (Å²) in [6, 6.07) is 18.5. The normalized spacial score (nSPS) is 18.3. The van der Waals surface area contributed by atoms with E-state index in [9.17, 15) is 19.6 Å². The molecule has 2 aromatic rings. The fraction of sp³-hybridized carbons (Fsp3) is 0.500. The summed E-state index contributed by atoms with van der Waals surface area (Å²) in [5.74, 6) is -0.432. The van der Waals surface area contributed by atoms with Crippen molar-refractivity contribution < 1.29 is 42.4 Å². The van der Waals surface area contributed by atoms with Crippen molar-refractivity contribution in [2.45, 2.75) is 52.4 Å². The summed E-state index contributed by atoms with van der Waals surface area (Å²) in [7, 11) is 2.81. The van der Waals surface area contributed by atoms with Crippen LogP contribution in [0, 0.1) is 28.6 Å². The van der Waals surface area contributed by atoms with Crippen LogP contribution < -0.4 is 4.74 Å². The minimum atomic E-state index is -2.65. The molecule has 0 bridgehead atoms. The second kappa shape index (κ2) is 20.3. The summed E-state index contributed by atoms with van der Waals surface area (Å²) in [5.41, 5.74) is -2.34. The maximum absolute atomic E-state index is 12.9. The van der Waals surface area contributed by atoms with Crippen LogP contribution in [0.2, 0.25) is 0 Å². The van der Waals surface area contributed by atoms with Crippen LogP contribution in [0.25, 0.3) is 0 Å². The summed E-state index contributed by atoms with van der Waals surface area (Å²) in [6.07, 6.45) is -1.13. The molecule has 10 nitrogen and oxygen atoms in total. The molecule has 1 aliphatic rings. The van der Waals surface area contributed by atoms with Crippen molar-refractivity contribution >= 4 is 111 Å². The predicted octanol–water partition coefficient (Wildman–Crippen LogP) is 9.58. The van der Waals surface area contributed by atoms with Gasteiger partial charge in [-0.05, 0) is 61.3 Å². The van der Waals surface area contributed by atoms with Gasteiger partial charge in [0.1, 0.15) is 25.0 Å². The number of ether oxygens (including phenoxy) is 4. The Labute approximate surface area is 330 Å². The number of hydrogen-bond acceptors (Lipinski definition) is 12. The summed E-state index contributed by atoms with van der Waals surface area (Å²) in [6.45, 7) is 7.90. The predicted molar refractivity (Wildman–Crippen MR) is 208 cm³/mol. The van der Waals surface area contributed by atoms with Gasteiger partial charge in [0, 0.05) is 19.8 Å². The van der Waals surface area contributed by atoms with Crippen LogP contribution in [0.1, 0.15) is 45.8 Å². The molecule has 0 saturated heterocycles. The largest absolute Gasteiger partial charge is 0.466 e. The van der Waals surface area contributed by atoms with Gasteiger partial charge in [-0.15, -0.1) is 0 Å². The van der Waals surface area contributed by atoms with Crippen LogP contribution in [0.15, 0.2) is 54.6 Å². The highest BCUT2D eigenvalue weighted by molar-refractivity contribution is 9.40. The summed E-state index contributed by atoms with van der Waals surface area (Å²) >= 11 is 20.4. The second-order valence-electron chi connectivity index (χ2n) is 10.9. The number of halogens is 4. The molecular formula is C32H38Br4NO9PS2. The monoisotopic (exact) mass is 991 g/mol. The average molecular weight is 995 g/mol. The Balaban J connectivity index is 0.000000381. The lowest BCUT2D eigenvalue weighted by molar-refractivity contribution is -0.149. The first kappa shape index (κ1) is 44.1. The standard InChI is InChI=1S/C22H19Br4NO3.C10H19O6PS2/c1-21(2)17(19(23)22(24,25)26)18(21)20(28)30-16(12-27)13-7-6-10-15(11-13)29-14-8-4-3-5-9-14;1-5-15-9(11)7-8(10(12)16-6-2)19-17(18,13-3)14-4/h3-11,16-19H,1-2H3;8H,5-7H2,1-4H3/t16-,17-,18+,19?;/m1./s1. The quantitative estimate of drug-likeness (QED) is 0.0729. The molecular weight excluding hydrogens is 957 g/mol. The number of para-hydroxylation sites is 1. The summed E-state index contributed by atoms with van der Waals surface area (Å²) in [4.78, 5) is 36.1. The number of hydrogen-bond donors (Lipinski definition) is 0. The first-order valence-electron chi connectivity index (χ1n) is 14.8. The molecule has 270 valence electrons. The molecule has 0 amide bonds. The molecule has 1 saturated carbocycles. The van der Waals surface area contributed by atoms with Gasteiger partial charge in [-0.2, -0.15) is 5.26 Å². The van der Waals surface area contributed by atoms with Crippen LogP contribution in [-0.2, 0) is 49.4 Å². The number of benzene rings is 2. The molecule has 5 atom stereocenters. The topological polar surface area (TPSA) is 130 Å². The molecule has 2 aromatic carbocycles. The van der Waals surface area contributed by atoms with E-state index in [4.69, 9.17) is 39.8 Å². The van der Waals surface area contributed by atoms with E-state index in [0.29, 0.717) is 17.1 Å². The lowest BCUT2D eigenvalue weighted by Gasteiger charge is -2.21. The molecule has 49 heavy (non-hydrogen) atoms. The van der Waals surface area contributed by atoms with Gasteiger partial charge >= 0.3 is 17.9 Å². The van der Waals surface area contributed by atoms with Crippen molar-refractivity contribution in [2.75, 3.05) is 27.4 Å². The number of esters is 3. The van der Waals surface area contributed by atoms with Crippen LogP contribution in [-0.4, -0.2) is 57.6 Å². The third kappa shape index (κ3) is 13.5. The van der Waals surface area contributed by atoms with E-state index in [0.717, 1.165) is 11.4 Å². The van der Waals surface area contributed by atoms with Gasteiger partial charge < -0.3 is 28.0 Å². The molecule has 0 aromatic heterocycles. The molecule has 0 spiro atoms. The van der Waals surface area contributed by atoms with Crippen molar-refractivity contribution in [1.29, 1.82) is 5.26 Å². The Bertz CT molecular complexity index is 1500. The van der Waals surface area contributed by atoms with Crippen LogP contribution in [0.4, 0.5) is 0 Å². The van der Waals surface area contributed by atoms with E-state index in [2.05, 4.69) is 69.8 Å². The lowest BCUT2D eigenvalue weighted by Crippen LogP contribution is -2.24. The third-order valence-corrected chi connectivity index (χ3v) is 17.6. The zero-order valence-electron chi connectivity index (χ0n) is 27.6. The van der Waals surface area contributed by atoms with Crippen LogP contribution >= 0.6 is 80.8 Å². The number of nitrogens with zero attached hydrogens (tertiary/aromatic N) is 1. The molecule has 1 fully saturated rings. The van der Waals surface area contributed by atoms with Gasteiger partial charge in [-0.1, -0.05) is 119 Å². The first-order chi connectivity index (χ1) is 23.0. The van der Waals surface area contributed by atoms with E-state index in [-0.39, 0.29) is 47.7 Å². The molecule has 0 N–H and O–H groups in total. The Kier molecular flexibility index (Phi) is 18.3. The van der Waals surface area contributed by atoms with E-state index >= 15 is 0 Å². The van der Waals surface area contributed by atoms with E-state index in [1.165, 1.54) is 14.2 Å². The Morgan fingerprint density at radius 1 is 1.00 bits per heavy atom. The number of alkyl halides is 4. The Morgan fingerprint density at radius 3 is 2.12 bits per heavy atom. The molecule has 1 aliphatic carbocycles. The third-order valence-electron chi connectivity index (χ3n) is 7.19. The molecule has 0 aliphatic heterocycles. The van der Waals surface area contributed by atoms with Crippen LogP contribution in [0.5, 0.6) is 11.5 Å². The van der Waals surface area contributed by atoms with Crippen molar-refractivity contribution in [2.24, 2.45) is 17.3 Å². The second-order valence-corrected chi connectivity index (χ2v) is 25.4. The van der Waals surface area contributed by atoms with Gasteiger partial charge in [0.2, 0.25) is 11.8 Å². The molecule has 2 unspecified atom stereocenters.